The number of methoxy groups -OCH3 is 1. The minimum Gasteiger partial charge on any atom is -0.392 e. The Morgan fingerprint density at radius 1 is 1.24 bits per heavy atom. The Kier molecular flexibility index (Phi) is 12.4. The first-order valence-electron chi connectivity index (χ1n) is 10.7. The van der Waals surface area contributed by atoms with Gasteiger partial charge in [0.15, 0.2) is 5.96 Å². The Balaban J connectivity index is 0.00000420. The predicted molar refractivity (Wildman–Crippen MR) is 127 cm³/mol. The van der Waals surface area contributed by atoms with Gasteiger partial charge in [0, 0.05) is 51.8 Å². The fourth-order valence-corrected chi connectivity index (χ4v) is 3.92. The number of halogens is 1. The van der Waals surface area contributed by atoms with Crippen LogP contribution in [-0.2, 0) is 9.53 Å². The van der Waals surface area contributed by atoms with Crippen LogP contribution in [0, 0.1) is 5.41 Å². The van der Waals surface area contributed by atoms with Crippen LogP contribution in [0.15, 0.2) is 4.99 Å². The van der Waals surface area contributed by atoms with Crippen LogP contribution in [0.2, 0.25) is 0 Å². The quantitative estimate of drug-likeness (QED) is 0.189. The van der Waals surface area contributed by atoms with Gasteiger partial charge >= 0.3 is 0 Å². The van der Waals surface area contributed by atoms with Crippen molar-refractivity contribution in [2.75, 3.05) is 66.1 Å². The number of amides is 1. The molecule has 3 N–H and O–H groups in total. The van der Waals surface area contributed by atoms with Gasteiger partial charge in [-0.1, -0.05) is 19.8 Å². The fourth-order valence-electron chi connectivity index (χ4n) is 3.92. The van der Waals surface area contributed by atoms with E-state index in [1.54, 1.807) is 7.11 Å². The SMILES string of the molecule is CCNC(=NCC1(C)CCCCC1O)N1CCN(CC(=O)NCCOC)CC1.I. The number of rotatable bonds is 8. The van der Waals surface area contributed by atoms with Crippen molar-refractivity contribution in [1.82, 2.24) is 20.4 Å². The number of nitrogens with one attached hydrogen (secondary N) is 2. The van der Waals surface area contributed by atoms with Crippen molar-refractivity contribution in [2.45, 2.75) is 45.6 Å². The second kappa shape index (κ2) is 13.6. The Bertz CT molecular complexity index is 514. The number of aliphatic hydroxyl groups is 1. The highest BCUT2D eigenvalue weighted by molar-refractivity contribution is 14.0. The fraction of sp³-hybridized carbons (Fsp3) is 0.900. The summed E-state index contributed by atoms with van der Waals surface area (Å²) in [5.74, 6) is 0.968. The van der Waals surface area contributed by atoms with Crippen LogP contribution in [-0.4, -0.2) is 99.0 Å². The summed E-state index contributed by atoms with van der Waals surface area (Å²) in [5.41, 5.74) is -0.124. The number of carbonyl (C=O) groups excluding carboxylic acids is 1. The highest BCUT2D eigenvalue weighted by atomic mass is 127. The lowest BCUT2D eigenvalue weighted by atomic mass is 9.73. The molecule has 0 spiro atoms. The van der Waals surface area contributed by atoms with Crippen LogP contribution in [0.4, 0.5) is 0 Å². The first-order chi connectivity index (χ1) is 13.5. The van der Waals surface area contributed by atoms with E-state index in [0.717, 1.165) is 57.9 Å². The van der Waals surface area contributed by atoms with Gasteiger partial charge in [0.2, 0.25) is 5.91 Å². The molecule has 1 aliphatic carbocycles. The predicted octanol–water partition coefficient (Wildman–Crippen LogP) is 0.891. The number of guanidine groups is 1. The lowest BCUT2D eigenvalue weighted by Crippen LogP contribution is -2.54. The topological polar surface area (TPSA) is 89.4 Å². The number of hydrogen-bond acceptors (Lipinski definition) is 5. The number of ether oxygens (including phenoxy) is 1. The Morgan fingerprint density at radius 2 is 1.97 bits per heavy atom. The number of nitrogens with zero attached hydrogens (tertiary/aromatic N) is 3. The Morgan fingerprint density at radius 3 is 2.59 bits per heavy atom. The van der Waals surface area contributed by atoms with Crippen LogP contribution in [0.1, 0.15) is 39.5 Å². The standard InChI is InChI=1S/C20H39N5O3.HI/c1-4-21-19(23-16-20(2)8-6-5-7-17(20)26)25-12-10-24(11-13-25)15-18(27)22-9-14-28-3;/h17,26H,4-16H2,1-3H3,(H,21,23)(H,22,27);1H. The van der Waals surface area contributed by atoms with Gasteiger partial charge in [0.25, 0.3) is 0 Å². The summed E-state index contributed by atoms with van der Waals surface area (Å²) in [6.45, 7) is 10.6. The summed E-state index contributed by atoms with van der Waals surface area (Å²) in [6, 6.07) is 0. The molecule has 9 heteroatoms. The average Bonchev–Trinajstić information content (AvgIpc) is 2.68. The molecule has 8 nitrogen and oxygen atoms in total. The Labute approximate surface area is 192 Å². The molecule has 1 aliphatic heterocycles. The van der Waals surface area contributed by atoms with Gasteiger partial charge in [0.1, 0.15) is 0 Å². The van der Waals surface area contributed by atoms with E-state index in [-0.39, 0.29) is 41.4 Å². The third kappa shape index (κ3) is 8.55. The molecule has 1 amide bonds. The van der Waals surface area contributed by atoms with Crippen molar-refractivity contribution in [3.63, 3.8) is 0 Å². The molecular weight excluding hydrogens is 485 g/mol. The van der Waals surface area contributed by atoms with Crippen LogP contribution in [0.25, 0.3) is 0 Å². The van der Waals surface area contributed by atoms with Gasteiger partial charge in [-0.15, -0.1) is 24.0 Å². The molecule has 0 bridgehead atoms. The largest absolute Gasteiger partial charge is 0.392 e. The highest BCUT2D eigenvalue weighted by Gasteiger charge is 2.35. The number of piperazine rings is 1. The van der Waals surface area contributed by atoms with Crippen molar-refractivity contribution in [3.05, 3.63) is 0 Å². The lowest BCUT2D eigenvalue weighted by molar-refractivity contribution is -0.122. The number of aliphatic imine (C=N–C) groups is 1. The molecule has 2 rings (SSSR count). The third-order valence-electron chi connectivity index (χ3n) is 5.87. The maximum absolute atomic E-state index is 12.0. The van der Waals surface area contributed by atoms with Crippen molar-refractivity contribution >= 4 is 35.8 Å². The van der Waals surface area contributed by atoms with Crippen molar-refractivity contribution < 1.29 is 14.6 Å². The van der Waals surface area contributed by atoms with Crippen molar-refractivity contribution in [3.8, 4) is 0 Å². The summed E-state index contributed by atoms with van der Waals surface area (Å²) in [4.78, 5) is 21.3. The van der Waals surface area contributed by atoms with E-state index in [2.05, 4.69) is 34.3 Å². The van der Waals surface area contributed by atoms with Gasteiger partial charge in [-0.05, 0) is 19.8 Å². The zero-order valence-electron chi connectivity index (χ0n) is 18.3. The summed E-state index contributed by atoms with van der Waals surface area (Å²) >= 11 is 0. The molecule has 29 heavy (non-hydrogen) atoms. The first kappa shape index (κ1) is 26.4. The molecule has 2 fully saturated rings. The van der Waals surface area contributed by atoms with Crippen molar-refractivity contribution in [1.29, 1.82) is 0 Å². The zero-order chi connectivity index (χ0) is 20.4. The maximum atomic E-state index is 12.0. The van der Waals surface area contributed by atoms with E-state index < -0.39 is 0 Å². The second-order valence-corrected chi connectivity index (χ2v) is 8.19. The summed E-state index contributed by atoms with van der Waals surface area (Å²) in [5, 5.41) is 16.7. The van der Waals surface area contributed by atoms with Crippen LogP contribution in [0.5, 0.6) is 0 Å². The van der Waals surface area contributed by atoms with E-state index in [1.165, 1.54) is 6.42 Å². The van der Waals surface area contributed by atoms with E-state index in [9.17, 15) is 9.90 Å². The minimum atomic E-state index is -0.263. The Hall–Kier alpha value is -0.650. The maximum Gasteiger partial charge on any atom is 0.234 e. The summed E-state index contributed by atoms with van der Waals surface area (Å²) < 4.78 is 4.96. The van der Waals surface area contributed by atoms with Gasteiger partial charge in [-0.3, -0.25) is 14.7 Å². The van der Waals surface area contributed by atoms with Gasteiger partial charge in [-0.2, -0.15) is 0 Å². The van der Waals surface area contributed by atoms with Gasteiger partial charge in [-0.25, -0.2) is 0 Å². The summed E-state index contributed by atoms with van der Waals surface area (Å²) in [7, 11) is 1.63. The molecule has 0 aromatic rings. The molecule has 2 aliphatic rings. The van der Waals surface area contributed by atoms with E-state index in [4.69, 9.17) is 9.73 Å². The molecule has 1 heterocycles. The van der Waals surface area contributed by atoms with Crippen molar-refractivity contribution in [2.24, 2.45) is 10.4 Å². The van der Waals surface area contributed by atoms with E-state index >= 15 is 0 Å². The summed E-state index contributed by atoms with van der Waals surface area (Å²) in [6.07, 6.45) is 3.93. The highest BCUT2D eigenvalue weighted by Crippen LogP contribution is 2.36. The lowest BCUT2D eigenvalue weighted by Gasteiger charge is -2.39. The molecule has 1 saturated heterocycles. The third-order valence-corrected chi connectivity index (χ3v) is 5.87. The zero-order valence-corrected chi connectivity index (χ0v) is 20.6. The minimum absolute atomic E-state index is 0. The average molecular weight is 525 g/mol. The number of carbonyl (C=O) groups is 1. The van der Waals surface area contributed by atoms with Crippen LogP contribution in [0.3, 0.4) is 0 Å². The van der Waals surface area contributed by atoms with E-state index in [1.807, 2.05) is 0 Å². The first-order valence-corrected chi connectivity index (χ1v) is 10.7. The molecule has 0 aromatic carbocycles. The van der Waals surface area contributed by atoms with Gasteiger partial charge < -0.3 is 25.4 Å². The van der Waals surface area contributed by atoms with Gasteiger partial charge in [0.05, 0.1) is 25.8 Å². The number of hydrogen-bond donors (Lipinski definition) is 3. The molecule has 170 valence electrons. The second-order valence-electron chi connectivity index (χ2n) is 8.19. The molecule has 2 unspecified atom stereocenters. The smallest absolute Gasteiger partial charge is 0.234 e. The number of aliphatic hydroxyl groups excluding tert-OH is 1. The van der Waals surface area contributed by atoms with Crippen LogP contribution < -0.4 is 10.6 Å². The van der Waals surface area contributed by atoms with Crippen LogP contribution >= 0.6 is 24.0 Å². The monoisotopic (exact) mass is 525 g/mol. The normalized spacial score (nSPS) is 26.0. The molecule has 0 radical (unpaired) electrons. The molecule has 0 aromatic heterocycles. The van der Waals surface area contributed by atoms with E-state index in [0.29, 0.717) is 26.2 Å². The molecule has 2 atom stereocenters. The molecule has 1 saturated carbocycles. The molecular formula is C20H40IN5O3.